The predicted molar refractivity (Wildman–Crippen MR) is 70.6 cm³/mol. The van der Waals surface area contributed by atoms with E-state index in [9.17, 15) is 8.42 Å². The molecule has 0 aliphatic carbocycles. The number of aryl methyl sites for hydroxylation is 2. The number of fused-ring (bicyclic) bond motifs is 1. The van der Waals surface area contributed by atoms with Gasteiger partial charge in [-0.1, -0.05) is 6.07 Å². The Morgan fingerprint density at radius 3 is 2.80 bits per heavy atom. The summed E-state index contributed by atoms with van der Waals surface area (Å²) in [6, 6.07) is 4.65. The molecule has 0 amide bonds. The van der Waals surface area contributed by atoms with Crippen molar-refractivity contribution in [3.05, 3.63) is 30.1 Å². The highest BCUT2D eigenvalue weighted by atomic mass is 32.2. The standard InChI is InChI=1S/C11H11N5O3S/c1-7-9(6-16(2)12-7)15-20(17,18)10-5-3-4-8-11(10)14-19-13-8/h3-6,15H,1-2H3. The number of hydrogen-bond donors (Lipinski definition) is 1. The minimum Gasteiger partial charge on any atom is -0.276 e. The molecule has 0 atom stereocenters. The van der Waals surface area contributed by atoms with Gasteiger partial charge >= 0.3 is 0 Å². The third-order valence-electron chi connectivity index (χ3n) is 2.80. The van der Waals surface area contributed by atoms with Crippen LogP contribution in [0.5, 0.6) is 0 Å². The Bertz CT molecular complexity index is 880. The molecular formula is C11H11N5O3S. The molecule has 20 heavy (non-hydrogen) atoms. The average molecular weight is 293 g/mol. The number of hydrogen-bond acceptors (Lipinski definition) is 6. The van der Waals surface area contributed by atoms with Crippen LogP contribution in [0.15, 0.2) is 33.9 Å². The van der Waals surface area contributed by atoms with E-state index in [1.54, 1.807) is 32.3 Å². The Morgan fingerprint density at radius 1 is 1.30 bits per heavy atom. The molecule has 1 N–H and O–H groups in total. The molecule has 1 aromatic carbocycles. The topological polar surface area (TPSA) is 103 Å². The monoisotopic (exact) mass is 293 g/mol. The normalized spacial score (nSPS) is 11.9. The van der Waals surface area contributed by atoms with Crippen molar-refractivity contribution in [2.45, 2.75) is 11.8 Å². The highest BCUT2D eigenvalue weighted by molar-refractivity contribution is 7.93. The molecule has 0 aliphatic rings. The number of anilines is 1. The van der Waals surface area contributed by atoms with Gasteiger partial charge in [0.1, 0.15) is 10.4 Å². The van der Waals surface area contributed by atoms with Crippen molar-refractivity contribution in [2.75, 3.05) is 4.72 Å². The quantitative estimate of drug-likeness (QED) is 0.774. The highest BCUT2D eigenvalue weighted by Gasteiger charge is 2.21. The zero-order valence-corrected chi connectivity index (χ0v) is 11.5. The van der Waals surface area contributed by atoms with E-state index in [0.717, 1.165) is 0 Å². The molecule has 0 unspecified atom stereocenters. The van der Waals surface area contributed by atoms with Gasteiger partial charge in [-0.2, -0.15) is 5.10 Å². The van der Waals surface area contributed by atoms with Crippen molar-refractivity contribution in [2.24, 2.45) is 7.05 Å². The minimum absolute atomic E-state index is 0.0134. The van der Waals surface area contributed by atoms with E-state index in [2.05, 4.69) is 24.8 Å². The Kier molecular flexibility index (Phi) is 2.71. The summed E-state index contributed by atoms with van der Waals surface area (Å²) in [7, 11) is -2.07. The molecule has 3 rings (SSSR count). The molecule has 0 bridgehead atoms. The van der Waals surface area contributed by atoms with E-state index in [1.807, 2.05) is 0 Å². The van der Waals surface area contributed by atoms with Gasteiger partial charge in [-0.3, -0.25) is 9.40 Å². The molecule has 2 aromatic heterocycles. The fourth-order valence-corrected chi connectivity index (χ4v) is 3.15. The van der Waals surface area contributed by atoms with E-state index in [-0.39, 0.29) is 10.4 Å². The number of aromatic nitrogens is 4. The lowest BCUT2D eigenvalue weighted by atomic mass is 10.3. The summed E-state index contributed by atoms with van der Waals surface area (Å²) in [5, 5.41) is 11.3. The molecular weight excluding hydrogens is 282 g/mol. The van der Waals surface area contributed by atoms with Crippen LogP contribution in [0.3, 0.4) is 0 Å². The van der Waals surface area contributed by atoms with Gasteiger partial charge in [0.2, 0.25) is 0 Å². The predicted octanol–water partition coefficient (Wildman–Crippen LogP) is 1.07. The summed E-state index contributed by atoms with van der Waals surface area (Å²) in [5.74, 6) is 0. The Balaban J connectivity index is 2.08. The van der Waals surface area contributed by atoms with E-state index in [1.165, 1.54) is 10.7 Å². The molecule has 0 spiro atoms. The molecule has 104 valence electrons. The van der Waals surface area contributed by atoms with Gasteiger partial charge in [0.25, 0.3) is 10.0 Å². The highest BCUT2D eigenvalue weighted by Crippen LogP contribution is 2.23. The number of nitrogens with one attached hydrogen (secondary N) is 1. The number of sulfonamides is 1. The van der Waals surface area contributed by atoms with Crippen LogP contribution in [0, 0.1) is 6.92 Å². The maximum absolute atomic E-state index is 12.4. The summed E-state index contributed by atoms with van der Waals surface area (Å²) in [6.45, 7) is 1.72. The first kappa shape index (κ1) is 12.6. The van der Waals surface area contributed by atoms with Gasteiger partial charge < -0.3 is 0 Å². The first-order chi connectivity index (χ1) is 9.47. The molecule has 9 heteroatoms. The van der Waals surface area contributed by atoms with Crippen LogP contribution in [0.4, 0.5) is 5.69 Å². The molecule has 3 aromatic rings. The van der Waals surface area contributed by atoms with Crippen molar-refractivity contribution in [1.82, 2.24) is 20.1 Å². The first-order valence-corrected chi connectivity index (χ1v) is 7.20. The molecule has 0 saturated heterocycles. The van der Waals surface area contributed by atoms with Crippen molar-refractivity contribution in [1.29, 1.82) is 0 Å². The summed E-state index contributed by atoms with van der Waals surface area (Å²) in [4.78, 5) is 0.0134. The van der Waals surface area contributed by atoms with E-state index >= 15 is 0 Å². The Hall–Kier alpha value is -2.42. The van der Waals surface area contributed by atoms with Crippen LogP contribution in [0.25, 0.3) is 11.0 Å². The second-order valence-electron chi connectivity index (χ2n) is 4.30. The van der Waals surface area contributed by atoms with Crippen LogP contribution in [-0.2, 0) is 17.1 Å². The maximum atomic E-state index is 12.4. The second kappa shape index (κ2) is 4.30. The van der Waals surface area contributed by atoms with Crippen molar-refractivity contribution in [3.8, 4) is 0 Å². The van der Waals surface area contributed by atoms with E-state index < -0.39 is 10.0 Å². The average Bonchev–Trinajstić information content (AvgIpc) is 2.95. The van der Waals surface area contributed by atoms with Crippen LogP contribution >= 0.6 is 0 Å². The third kappa shape index (κ3) is 2.01. The number of nitrogens with zero attached hydrogens (tertiary/aromatic N) is 4. The van der Waals surface area contributed by atoms with Crippen LogP contribution in [0.1, 0.15) is 5.69 Å². The van der Waals surface area contributed by atoms with Crippen LogP contribution in [0.2, 0.25) is 0 Å². The first-order valence-electron chi connectivity index (χ1n) is 5.72. The fourth-order valence-electron chi connectivity index (χ4n) is 1.90. The summed E-state index contributed by atoms with van der Waals surface area (Å²) >= 11 is 0. The Morgan fingerprint density at radius 2 is 2.10 bits per heavy atom. The van der Waals surface area contributed by atoms with Crippen molar-refractivity contribution < 1.29 is 13.0 Å². The zero-order valence-electron chi connectivity index (χ0n) is 10.7. The number of rotatable bonds is 3. The lowest BCUT2D eigenvalue weighted by Crippen LogP contribution is -2.13. The lowest BCUT2D eigenvalue weighted by molar-refractivity contribution is 0.315. The molecule has 0 fully saturated rings. The SMILES string of the molecule is Cc1nn(C)cc1NS(=O)(=O)c1cccc2nonc12. The maximum Gasteiger partial charge on any atom is 0.264 e. The van der Waals surface area contributed by atoms with Crippen molar-refractivity contribution in [3.63, 3.8) is 0 Å². The van der Waals surface area contributed by atoms with E-state index in [0.29, 0.717) is 16.9 Å². The zero-order chi connectivity index (χ0) is 14.3. The Labute approximate surface area is 114 Å². The third-order valence-corrected chi connectivity index (χ3v) is 4.19. The van der Waals surface area contributed by atoms with Gasteiger partial charge in [0.15, 0.2) is 5.52 Å². The molecule has 2 heterocycles. The fraction of sp³-hybridized carbons (Fsp3) is 0.182. The molecule has 0 radical (unpaired) electrons. The molecule has 0 saturated carbocycles. The van der Waals surface area contributed by atoms with E-state index in [4.69, 9.17) is 0 Å². The second-order valence-corrected chi connectivity index (χ2v) is 5.95. The molecule has 8 nitrogen and oxygen atoms in total. The van der Waals surface area contributed by atoms with Gasteiger partial charge in [0, 0.05) is 13.2 Å². The number of benzene rings is 1. The van der Waals surface area contributed by atoms with Gasteiger partial charge in [-0.15, -0.1) is 0 Å². The summed E-state index contributed by atoms with van der Waals surface area (Å²) < 4.78 is 33.4. The van der Waals surface area contributed by atoms with Gasteiger partial charge in [0.05, 0.1) is 11.4 Å². The summed E-state index contributed by atoms with van der Waals surface area (Å²) in [6.07, 6.45) is 1.59. The van der Waals surface area contributed by atoms with Crippen LogP contribution < -0.4 is 4.72 Å². The van der Waals surface area contributed by atoms with Gasteiger partial charge in [-0.05, 0) is 29.4 Å². The largest absolute Gasteiger partial charge is 0.276 e. The van der Waals surface area contributed by atoms with Gasteiger partial charge in [-0.25, -0.2) is 13.0 Å². The lowest BCUT2D eigenvalue weighted by Gasteiger charge is -2.06. The molecule has 0 aliphatic heterocycles. The van der Waals surface area contributed by atoms with Crippen LogP contribution in [-0.4, -0.2) is 28.5 Å². The van der Waals surface area contributed by atoms with Crippen molar-refractivity contribution >= 4 is 26.7 Å². The minimum atomic E-state index is -3.78. The summed E-state index contributed by atoms with van der Waals surface area (Å²) in [5.41, 5.74) is 1.58. The smallest absolute Gasteiger partial charge is 0.264 e.